The summed E-state index contributed by atoms with van der Waals surface area (Å²) in [6.45, 7) is 5.31. The third-order valence-electron chi connectivity index (χ3n) is 7.63. The summed E-state index contributed by atoms with van der Waals surface area (Å²) in [7, 11) is 3.20. The number of ketones is 1. The summed E-state index contributed by atoms with van der Waals surface area (Å²) >= 11 is 0. The summed E-state index contributed by atoms with van der Waals surface area (Å²) < 4.78 is 12.3. The van der Waals surface area contributed by atoms with Gasteiger partial charge in [-0.1, -0.05) is 18.2 Å². The normalized spacial score (nSPS) is 18.9. The molecule has 1 fully saturated rings. The van der Waals surface area contributed by atoms with Crippen molar-refractivity contribution in [2.45, 2.75) is 96.1 Å². The van der Waals surface area contributed by atoms with E-state index in [1.165, 1.54) is 43.1 Å². The fraction of sp³-hybridized carbons (Fsp3) is 0.567. The van der Waals surface area contributed by atoms with Crippen molar-refractivity contribution in [3.05, 3.63) is 58.4 Å². The zero-order chi connectivity index (χ0) is 26.7. The molecule has 0 N–H and O–H groups in total. The summed E-state index contributed by atoms with van der Waals surface area (Å²) in [5.74, 6) is 0.284. The number of ether oxygens (including phenoxy) is 2. The van der Waals surface area contributed by atoms with Gasteiger partial charge < -0.3 is 14.0 Å². The molecule has 1 unspecified atom stereocenters. The van der Waals surface area contributed by atoms with E-state index in [-0.39, 0.29) is 17.7 Å². The Morgan fingerprint density at radius 2 is 1.78 bits per heavy atom. The van der Waals surface area contributed by atoms with E-state index in [9.17, 15) is 14.4 Å². The van der Waals surface area contributed by atoms with Crippen LogP contribution in [0.15, 0.2) is 30.3 Å². The Balaban J connectivity index is 1.36. The Morgan fingerprint density at radius 3 is 2.51 bits per heavy atom. The molecule has 0 radical (unpaired) electrons. The van der Waals surface area contributed by atoms with Gasteiger partial charge in [0.1, 0.15) is 5.60 Å². The number of carbonyl (C=O) groups excluding carboxylic acids is 3. The van der Waals surface area contributed by atoms with Crippen molar-refractivity contribution in [2.75, 3.05) is 7.11 Å². The van der Waals surface area contributed by atoms with Gasteiger partial charge in [-0.25, -0.2) is 14.5 Å². The first-order valence-electron chi connectivity index (χ1n) is 13.5. The summed E-state index contributed by atoms with van der Waals surface area (Å²) in [6.07, 6.45) is 6.55. The zero-order valence-electron chi connectivity index (χ0n) is 22.8. The van der Waals surface area contributed by atoms with Crippen LogP contribution in [0.2, 0.25) is 0 Å². The topological polar surface area (TPSA) is 77.8 Å². The molecular formula is C30H40N2O5. The van der Waals surface area contributed by atoms with Crippen molar-refractivity contribution in [2.24, 2.45) is 7.05 Å². The Bertz CT molecular complexity index is 1160. The molecule has 2 aliphatic carbocycles. The maximum Gasteiger partial charge on any atom is 0.420 e. The van der Waals surface area contributed by atoms with Crippen molar-refractivity contribution in [1.82, 2.24) is 9.47 Å². The molecule has 1 heterocycles. The first-order chi connectivity index (χ1) is 17.6. The molecule has 1 saturated carbocycles. The number of amides is 2. The maximum absolute atomic E-state index is 13.0. The van der Waals surface area contributed by atoms with Crippen molar-refractivity contribution >= 4 is 18.0 Å². The molecule has 7 heteroatoms. The Labute approximate surface area is 220 Å². The number of rotatable bonds is 7. The van der Waals surface area contributed by atoms with Crippen LogP contribution < -0.4 is 0 Å². The van der Waals surface area contributed by atoms with Gasteiger partial charge in [-0.15, -0.1) is 0 Å². The molecule has 7 nitrogen and oxygen atoms in total. The third kappa shape index (κ3) is 6.25. The molecule has 2 aliphatic rings. The lowest BCUT2D eigenvalue weighted by atomic mass is 10.0. The van der Waals surface area contributed by atoms with Crippen LogP contribution in [0.1, 0.15) is 98.1 Å². The molecule has 1 aromatic carbocycles. The largest absolute Gasteiger partial charge is 0.452 e. The van der Waals surface area contributed by atoms with Gasteiger partial charge in [0.2, 0.25) is 0 Å². The lowest BCUT2D eigenvalue weighted by molar-refractivity contribution is 0.0166. The Kier molecular flexibility index (Phi) is 8.10. The number of fused-ring (bicyclic) bond motifs is 1. The van der Waals surface area contributed by atoms with E-state index in [2.05, 4.69) is 18.2 Å². The second-order valence-electron chi connectivity index (χ2n) is 11.4. The number of carbonyl (C=O) groups is 3. The van der Waals surface area contributed by atoms with Crippen LogP contribution in [0, 0.1) is 0 Å². The van der Waals surface area contributed by atoms with Gasteiger partial charge in [0, 0.05) is 31.1 Å². The van der Waals surface area contributed by atoms with Crippen molar-refractivity contribution in [3.8, 4) is 0 Å². The van der Waals surface area contributed by atoms with Crippen LogP contribution in [-0.4, -0.2) is 46.2 Å². The van der Waals surface area contributed by atoms with E-state index in [4.69, 9.17) is 9.47 Å². The van der Waals surface area contributed by atoms with E-state index in [0.29, 0.717) is 25.0 Å². The van der Waals surface area contributed by atoms with Crippen LogP contribution in [0.5, 0.6) is 0 Å². The van der Waals surface area contributed by atoms with E-state index >= 15 is 0 Å². The quantitative estimate of drug-likeness (QED) is 0.407. The van der Waals surface area contributed by atoms with Gasteiger partial charge in [0.25, 0.3) is 0 Å². The number of methoxy groups -OCH3 is 1. The van der Waals surface area contributed by atoms with Crippen molar-refractivity contribution in [3.63, 3.8) is 0 Å². The molecule has 4 rings (SSSR count). The van der Waals surface area contributed by atoms with Crippen LogP contribution >= 0.6 is 0 Å². The number of imide groups is 1. The van der Waals surface area contributed by atoms with E-state index in [1.54, 1.807) is 20.8 Å². The summed E-state index contributed by atoms with van der Waals surface area (Å²) in [5.41, 5.74) is 5.32. The summed E-state index contributed by atoms with van der Waals surface area (Å²) in [4.78, 5) is 39.4. The Morgan fingerprint density at radius 1 is 1.03 bits per heavy atom. The number of aryl methyl sites for hydroxylation is 3. The number of benzene rings is 1. The van der Waals surface area contributed by atoms with Crippen molar-refractivity contribution in [1.29, 1.82) is 0 Å². The fourth-order valence-corrected chi connectivity index (χ4v) is 5.82. The van der Waals surface area contributed by atoms with Gasteiger partial charge in [0.15, 0.2) is 5.78 Å². The minimum absolute atomic E-state index is 0.137. The second kappa shape index (κ2) is 11.1. The van der Waals surface area contributed by atoms with E-state index in [0.717, 1.165) is 29.9 Å². The highest BCUT2D eigenvalue weighted by atomic mass is 16.6. The summed E-state index contributed by atoms with van der Waals surface area (Å²) in [5, 5.41) is 0. The van der Waals surface area contributed by atoms with Gasteiger partial charge in [0.05, 0.1) is 12.8 Å². The lowest BCUT2D eigenvalue weighted by Gasteiger charge is -2.29. The lowest BCUT2D eigenvalue weighted by Crippen LogP contribution is -2.46. The molecule has 37 heavy (non-hydrogen) atoms. The monoisotopic (exact) mass is 508 g/mol. The smallest absolute Gasteiger partial charge is 0.420 e. The molecule has 0 bridgehead atoms. The van der Waals surface area contributed by atoms with Gasteiger partial charge in [-0.3, -0.25) is 4.79 Å². The first-order valence-corrected chi connectivity index (χ1v) is 13.5. The number of aromatic nitrogens is 1. The third-order valence-corrected chi connectivity index (χ3v) is 7.63. The average Bonchev–Trinajstić information content (AvgIpc) is 3.57. The van der Waals surface area contributed by atoms with Crippen LogP contribution in [0.25, 0.3) is 0 Å². The standard InChI is InChI=1S/C30H40N2O5/c1-30(2,3)37-29(35)32(28(34)36-5)24-15-14-23(19-24)25-16-17-26(31(25)4)27(33)11-6-8-20-12-13-21-9-7-10-22(21)18-20/h12-13,16-18,23-24H,6-11,14-15,19H2,1-5H3/t23-,24?/m0/s1. The SMILES string of the molecule is COC(=O)N(C(=O)OC(C)(C)C)C1CC[C@H](c2ccc(C(=O)CCCc3ccc4c(c3)CCC4)n2C)C1. The first kappa shape index (κ1) is 27.0. The molecule has 2 aromatic rings. The highest BCUT2D eigenvalue weighted by molar-refractivity contribution is 5.94. The predicted molar refractivity (Wildman–Crippen MR) is 142 cm³/mol. The van der Waals surface area contributed by atoms with Crippen LogP contribution in [0.4, 0.5) is 9.59 Å². The summed E-state index contributed by atoms with van der Waals surface area (Å²) in [6, 6.07) is 10.4. The molecule has 0 spiro atoms. The highest BCUT2D eigenvalue weighted by Crippen LogP contribution is 2.38. The minimum Gasteiger partial charge on any atom is -0.452 e. The molecule has 2 atom stereocenters. The zero-order valence-corrected chi connectivity index (χ0v) is 22.8. The molecule has 0 aliphatic heterocycles. The van der Waals surface area contributed by atoms with E-state index in [1.807, 2.05) is 23.7 Å². The second-order valence-corrected chi connectivity index (χ2v) is 11.4. The number of nitrogens with zero attached hydrogens (tertiary/aromatic N) is 2. The molecule has 200 valence electrons. The Hall–Kier alpha value is -3.09. The number of hydrogen-bond acceptors (Lipinski definition) is 5. The average molecular weight is 509 g/mol. The van der Waals surface area contributed by atoms with Gasteiger partial charge in [-0.05, 0) is 101 Å². The minimum atomic E-state index is -0.713. The van der Waals surface area contributed by atoms with E-state index < -0.39 is 17.8 Å². The number of Topliss-reactive ketones (excluding diaryl/α,β-unsaturated/α-hetero) is 1. The van der Waals surface area contributed by atoms with Crippen LogP contribution in [-0.2, 0) is 35.8 Å². The van der Waals surface area contributed by atoms with Crippen molar-refractivity contribution < 1.29 is 23.9 Å². The molecule has 0 saturated heterocycles. The molecule has 2 amide bonds. The maximum atomic E-state index is 13.0. The predicted octanol–water partition coefficient (Wildman–Crippen LogP) is 6.36. The van der Waals surface area contributed by atoms with Gasteiger partial charge >= 0.3 is 12.2 Å². The molecule has 1 aromatic heterocycles. The van der Waals surface area contributed by atoms with Gasteiger partial charge in [-0.2, -0.15) is 0 Å². The highest BCUT2D eigenvalue weighted by Gasteiger charge is 2.40. The number of hydrogen-bond donors (Lipinski definition) is 0. The molecular weight excluding hydrogens is 468 g/mol. The van der Waals surface area contributed by atoms with Crippen LogP contribution in [0.3, 0.4) is 0 Å². The fourth-order valence-electron chi connectivity index (χ4n) is 5.82.